The molecule has 96 valence electrons. The Morgan fingerprint density at radius 3 is 2.78 bits per heavy atom. The van der Waals surface area contributed by atoms with Gasteiger partial charge in [-0.1, -0.05) is 28.1 Å². The first kappa shape index (κ1) is 13.5. The molecule has 0 fully saturated rings. The van der Waals surface area contributed by atoms with Crippen LogP contribution in [0.25, 0.3) is 0 Å². The smallest absolute Gasteiger partial charge is 0.259 e. The second-order valence-electron chi connectivity index (χ2n) is 3.78. The summed E-state index contributed by atoms with van der Waals surface area (Å²) in [5, 5.41) is 3.97. The van der Waals surface area contributed by atoms with Crippen LogP contribution in [0.15, 0.2) is 34.9 Å². The number of alkyl halides is 3. The van der Waals surface area contributed by atoms with Crippen molar-refractivity contribution in [2.75, 3.05) is 0 Å². The molecule has 0 N–H and O–H groups in total. The van der Waals surface area contributed by atoms with Crippen LogP contribution in [0.4, 0.5) is 8.78 Å². The molecule has 0 bridgehead atoms. The van der Waals surface area contributed by atoms with Crippen LogP contribution in [0.5, 0.6) is 0 Å². The van der Waals surface area contributed by atoms with E-state index in [2.05, 4.69) is 21.0 Å². The van der Waals surface area contributed by atoms with Crippen molar-refractivity contribution in [2.24, 2.45) is 0 Å². The fraction of sp³-hybridized carbons (Fsp3) is 0.250. The summed E-state index contributed by atoms with van der Waals surface area (Å²) >= 11 is 8.97. The molecule has 0 saturated carbocycles. The number of hydrogen-bond donors (Lipinski definition) is 0. The van der Waals surface area contributed by atoms with Crippen LogP contribution in [0.3, 0.4) is 0 Å². The molecule has 0 aliphatic heterocycles. The van der Waals surface area contributed by atoms with Gasteiger partial charge >= 0.3 is 0 Å². The highest BCUT2D eigenvalue weighted by molar-refractivity contribution is 9.10. The third kappa shape index (κ3) is 2.90. The molecular weight excluding hydrogens is 325 g/mol. The van der Waals surface area contributed by atoms with Crippen LogP contribution in [0.2, 0.25) is 0 Å². The monoisotopic (exact) mass is 334 g/mol. The first-order valence-electron chi connectivity index (χ1n) is 5.25. The third-order valence-electron chi connectivity index (χ3n) is 2.53. The van der Waals surface area contributed by atoms with Gasteiger partial charge in [-0.15, -0.1) is 11.6 Å². The van der Waals surface area contributed by atoms with Crippen LogP contribution < -0.4 is 0 Å². The molecule has 1 heterocycles. The van der Waals surface area contributed by atoms with Gasteiger partial charge in [-0.2, -0.15) is 5.10 Å². The Morgan fingerprint density at radius 2 is 2.17 bits per heavy atom. The molecule has 18 heavy (non-hydrogen) atoms. The Morgan fingerprint density at radius 1 is 1.39 bits per heavy atom. The summed E-state index contributed by atoms with van der Waals surface area (Å²) in [6, 6.07) is 7.47. The predicted octanol–water partition coefficient (Wildman–Crippen LogP) is 4.37. The fourth-order valence-electron chi connectivity index (χ4n) is 1.72. The van der Waals surface area contributed by atoms with Crippen molar-refractivity contribution < 1.29 is 8.78 Å². The number of rotatable bonds is 4. The molecule has 2 aromatic rings. The normalized spacial score (nSPS) is 11.2. The zero-order chi connectivity index (χ0) is 13.1. The van der Waals surface area contributed by atoms with Crippen molar-refractivity contribution in [1.29, 1.82) is 0 Å². The van der Waals surface area contributed by atoms with Gasteiger partial charge in [0.2, 0.25) is 0 Å². The average Bonchev–Trinajstić information content (AvgIpc) is 2.72. The van der Waals surface area contributed by atoms with Crippen molar-refractivity contribution in [3.8, 4) is 0 Å². The molecule has 1 aromatic heterocycles. The highest BCUT2D eigenvalue weighted by Crippen LogP contribution is 2.25. The number of aromatic nitrogens is 2. The zero-order valence-electron chi connectivity index (χ0n) is 9.28. The largest absolute Gasteiger partial charge is 0.280 e. The topological polar surface area (TPSA) is 17.8 Å². The van der Waals surface area contributed by atoms with Gasteiger partial charge in [0.25, 0.3) is 6.43 Å². The first-order valence-corrected chi connectivity index (χ1v) is 6.57. The van der Waals surface area contributed by atoms with Gasteiger partial charge in [0.1, 0.15) is 5.69 Å². The van der Waals surface area contributed by atoms with Gasteiger partial charge in [0.15, 0.2) is 0 Å². The molecule has 0 amide bonds. The van der Waals surface area contributed by atoms with Crippen LogP contribution in [0, 0.1) is 0 Å². The molecule has 0 radical (unpaired) electrons. The maximum Gasteiger partial charge on any atom is 0.280 e. The minimum Gasteiger partial charge on any atom is -0.259 e. The molecule has 2 nitrogen and oxygen atoms in total. The number of nitrogens with zero attached hydrogens (tertiary/aromatic N) is 2. The van der Waals surface area contributed by atoms with E-state index in [0.717, 1.165) is 10.0 Å². The molecule has 0 aliphatic carbocycles. The summed E-state index contributed by atoms with van der Waals surface area (Å²) in [6.07, 6.45) is -1.18. The van der Waals surface area contributed by atoms with Crippen LogP contribution in [-0.2, 0) is 12.4 Å². The summed E-state index contributed by atoms with van der Waals surface area (Å²) in [4.78, 5) is 0. The lowest BCUT2D eigenvalue weighted by atomic mass is 10.2. The van der Waals surface area contributed by atoms with Gasteiger partial charge in [0, 0.05) is 10.0 Å². The number of hydrogen-bond acceptors (Lipinski definition) is 1. The lowest BCUT2D eigenvalue weighted by Gasteiger charge is -2.08. The van der Waals surface area contributed by atoms with E-state index < -0.39 is 6.43 Å². The molecule has 6 heteroatoms. The second kappa shape index (κ2) is 5.80. The average molecular weight is 336 g/mol. The lowest BCUT2D eigenvalue weighted by Crippen LogP contribution is -2.07. The standard InChI is InChI=1S/C12H10BrClF2N2/c13-10-3-1-2-8(4-10)7-18-11(12(15)16)9(5-14)6-17-18/h1-4,6,12H,5,7H2. The van der Waals surface area contributed by atoms with Crippen LogP contribution in [-0.4, -0.2) is 9.78 Å². The van der Waals surface area contributed by atoms with Gasteiger partial charge in [-0.05, 0) is 17.7 Å². The fourth-order valence-corrected chi connectivity index (χ4v) is 2.38. The SMILES string of the molecule is FC(F)c1c(CCl)cnn1Cc1cccc(Br)c1. The van der Waals surface area contributed by atoms with Crippen molar-refractivity contribution in [3.05, 3.63) is 51.8 Å². The maximum absolute atomic E-state index is 13.0. The summed E-state index contributed by atoms with van der Waals surface area (Å²) in [5.41, 5.74) is 1.17. The van der Waals surface area contributed by atoms with E-state index in [0.29, 0.717) is 12.1 Å². The van der Waals surface area contributed by atoms with Gasteiger partial charge < -0.3 is 0 Å². The van der Waals surface area contributed by atoms with Crippen LogP contribution >= 0.6 is 27.5 Å². The van der Waals surface area contributed by atoms with E-state index in [-0.39, 0.29) is 11.6 Å². The second-order valence-corrected chi connectivity index (χ2v) is 4.96. The highest BCUT2D eigenvalue weighted by atomic mass is 79.9. The molecule has 0 unspecified atom stereocenters. The molecule has 0 spiro atoms. The molecule has 1 aromatic carbocycles. The third-order valence-corrected chi connectivity index (χ3v) is 3.31. The molecular formula is C12H10BrClF2N2. The van der Waals surface area contributed by atoms with E-state index in [9.17, 15) is 8.78 Å². The summed E-state index contributed by atoms with van der Waals surface area (Å²) in [6.45, 7) is 0.302. The zero-order valence-corrected chi connectivity index (χ0v) is 11.6. The summed E-state index contributed by atoms with van der Waals surface area (Å²) in [5.74, 6) is 0.0398. The number of benzene rings is 1. The Balaban J connectivity index is 2.32. The minimum atomic E-state index is -2.58. The van der Waals surface area contributed by atoms with Gasteiger partial charge in [0.05, 0.1) is 18.6 Å². The van der Waals surface area contributed by atoms with E-state index in [1.165, 1.54) is 10.9 Å². The first-order chi connectivity index (χ1) is 8.61. The van der Waals surface area contributed by atoms with Crippen molar-refractivity contribution in [3.63, 3.8) is 0 Å². The minimum absolute atomic E-state index is 0.0398. The Kier molecular flexibility index (Phi) is 4.35. The quantitative estimate of drug-likeness (QED) is 0.759. The van der Waals surface area contributed by atoms with Crippen molar-refractivity contribution in [2.45, 2.75) is 18.9 Å². The Bertz CT molecular complexity index is 543. The maximum atomic E-state index is 13.0. The van der Waals surface area contributed by atoms with Crippen molar-refractivity contribution in [1.82, 2.24) is 9.78 Å². The predicted molar refractivity (Wildman–Crippen MR) is 70.0 cm³/mol. The summed E-state index contributed by atoms with van der Waals surface area (Å²) in [7, 11) is 0. The van der Waals surface area contributed by atoms with E-state index in [4.69, 9.17) is 11.6 Å². The molecule has 0 aliphatic rings. The van der Waals surface area contributed by atoms with E-state index >= 15 is 0 Å². The Labute approximate surface area is 117 Å². The molecule has 0 atom stereocenters. The molecule has 2 rings (SSSR count). The number of halogens is 4. The highest BCUT2D eigenvalue weighted by Gasteiger charge is 2.19. The van der Waals surface area contributed by atoms with Gasteiger partial charge in [-0.3, -0.25) is 4.68 Å². The van der Waals surface area contributed by atoms with Crippen molar-refractivity contribution >= 4 is 27.5 Å². The lowest BCUT2D eigenvalue weighted by molar-refractivity contribution is 0.139. The van der Waals surface area contributed by atoms with E-state index in [1.54, 1.807) is 0 Å². The van der Waals surface area contributed by atoms with Crippen LogP contribution in [0.1, 0.15) is 23.2 Å². The van der Waals surface area contributed by atoms with E-state index in [1.807, 2.05) is 24.3 Å². The Hall–Kier alpha value is -0.940. The van der Waals surface area contributed by atoms with Gasteiger partial charge in [-0.25, -0.2) is 8.78 Å². The molecule has 0 saturated heterocycles. The summed E-state index contributed by atoms with van der Waals surface area (Å²) < 4.78 is 28.1.